The molecule has 0 radical (unpaired) electrons. The van der Waals surface area contributed by atoms with Gasteiger partial charge in [0.1, 0.15) is 5.60 Å². The molecule has 116 valence electrons. The predicted molar refractivity (Wildman–Crippen MR) is 89.1 cm³/mol. The SMILES string of the molecule is CC(C)(C)OC(=O)N[C@H]1CCN(c2ccc(Cl)cc2Br)C1. The Morgan fingerprint density at radius 1 is 1.48 bits per heavy atom. The Labute approximate surface area is 138 Å². The Kier molecular flexibility index (Phi) is 5.04. The Balaban J connectivity index is 1.93. The summed E-state index contributed by atoms with van der Waals surface area (Å²) in [7, 11) is 0. The van der Waals surface area contributed by atoms with Crippen molar-refractivity contribution in [1.82, 2.24) is 5.32 Å². The molecule has 1 atom stereocenters. The summed E-state index contributed by atoms with van der Waals surface area (Å²) in [4.78, 5) is 14.0. The van der Waals surface area contributed by atoms with Gasteiger partial charge in [-0.1, -0.05) is 11.6 Å². The van der Waals surface area contributed by atoms with Crippen molar-refractivity contribution in [1.29, 1.82) is 0 Å². The largest absolute Gasteiger partial charge is 0.444 e. The number of nitrogens with zero attached hydrogens (tertiary/aromatic N) is 1. The van der Waals surface area contributed by atoms with Crippen molar-refractivity contribution in [2.24, 2.45) is 0 Å². The fourth-order valence-electron chi connectivity index (χ4n) is 2.31. The molecule has 1 aliphatic heterocycles. The summed E-state index contributed by atoms with van der Waals surface area (Å²) >= 11 is 9.49. The van der Waals surface area contributed by atoms with E-state index in [9.17, 15) is 4.79 Å². The lowest BCUT2D eigenvalue weighted by Gasteiger charge is -2.23. The van der Waals surface area contributed by atoms with E-state index in [0.29, 0.717) is 5.02 Å². The number of ether oxygens (including phenoxy) is 1. The fourth-order valence-corrected chi connectivity index (χ4v) is 3.24. The lowest BCUT2D eigenvalue weighted by Crippen LogP contribution is -2.40. The van der Waals surface area contributed by atoms with Gasteiger partial charge in [0.15, 0.2) is 0 Å². The molecule has 1 aliphatic rings. The second-order valence-electron chi connectivity index (χ2n) is 6.17. The van der Waals surface area contributed by atoms with Crippen molar-refractivity contribution in [3.63, 3.8) is 0 Å². The molecule has 1 fully saturated rings. The number of halogens is 2. The molecule has 1 saturated heterocycles. The number of nitrogens with one attached hydrogen (secondary N) is 1. The second-order valence-corrected chi connectivity index (χ2v) is 7.46. The highest BCUT2D eigenvalue weighted by Gasteiger charge is 2.27. The number of hydrogen-bond acceptors (Lipinski definition) is 3. The van der Waals surface area contributed by atoms with Crippen LogP contribution in [0.15, 0.2) is 22.7 Å². The van der Waals surface area contributed by atoms with Gasteiger partial charge >= 0.3 is 6.09 Å². The molecule has 1 heterocycles. The minimum atomic E-state index is -0.471. The van der Waals surface area contributed by atoms with Gasteiger partial charge in [0.2, 0.25) is 0 Å². The zero-order chi connectivity index (χ0) is 15.6. The lowest BCUT2D eigenvalue weighted by atomic mass is 10.2. The molecule has 0 bridgehead atoms. The molecule has 0 unspecified atom stereocenters. The van der Waals surface area contributed by atoms with Crippen LogP contribution in [-0.2, 0) is 4.74 Å². The van der Waals surface area contributed by atoms with E-state index in [0.717, 1.165) is 29.7 Å². The van der Waals surface area contributed by atoms with Crippen LogP contribution in [0.25, 0.3) is 0 Å². The number of carbonyl (C=O) groups excluding carboxylic acids is 1. The average Bonchev–Trinajstić information content (AvgIpc) is 2.74. The standard InChI is InChI=1S/C15H20BrClN2O2/c1-15(2,3)21-14(20)18-11-6-7-19(9-11)13-5-4-10(17)8-12(13)16/h4-5,8,11H,6-7,9H2,1-3H3,(H,18,20)/t11-/m0/s1. The van der Waals surface area contributed by atoms with E-state index in [1.807, 2.05) is 39.0 Å². The van der Waals surface area contributed by atoms with Crippen LogP contribution < -0.4 is 10.2 Å². The third-order valence-corrected chi connectivity index (χ3v) is 4.03. The molecule has 0 spiro atoms. The van der Waals surface area contributed by atoms with Crippen molar-refractivity contribution >= 4 is 39.3 Å². The van der Waals surface area contributed by atoms with Gasteiger partial charge in [0, 0.05) is 22.6 Å². The maximum atomic E-state index is 11.8. The van der Waals surface area contributed by atoms with E-state index in [1.54, 1.807) is 0 Å². The van der Waals surface area contributed by atoms with E-state index in [1.165, 1.54) is 0 Å². The number of benzene rings is 1. The number of rotatable bonds is 2. The van der Waals surface area contributed by atoms with Gasteiger partial charge in [-0.25, -0.2) is 4.79 Å². The quantitative estimate of drug-likeness (QED) is 0.842. The molecule has 6 heteroatoms. The lowest BCUT2D eigenvalue weighted by molar-refractivity contribution is 0.0509. The topological polar surface area (TPSA) is 41.6 Å². The number of anilines is 1. The minimum absolute atomic E-state index is 0.0995. The summed E-state index contributed by atoms with van der Waals surface area (Å²) in [5.74, 6) is 0. The van der Waals surface area contributed by atoms with E-state index in [4.69, 9.17) is 16.3 Å². The molecule has 1 aromatic carbocycles. The van der Waals surface area contributed by atoms with Crippen molar-refractivity contribution < 1.29 is 9.53 Å². The Morgan fingerprint density at radius 3 is 2.81 bits per heavy atom. The molecule has 2 rings (SSSR count). The average molecular weight is 376 g/mol. The fraction of sp³-hybridized carbons (Fsp3) is 0.533. The highest BCUT2D eigenvalue weighted by molar-refractivity contribution is 9.10. The molecular formula is C15H20BrClN2O2. The Bertz CT molecular complexity index is 531. The zero-order valence-corrected chi connectivity index (χ0v) is 14.8. The van der Waals surface area contributed by atoms with Gasteiger partial charge < -0.3 is 15.0 Å². The Morgan fingerprint density at radius 2 is 2.19 bits per heavy atom. The zero-order valence-electron chi connectivity index (χ0n) is 12.5. The third-order valence-electron chi connectivity index (χ3n) is 3.16. The van der Waals surface area contributed by atoms with Gasteiger partial charge in [0.05, 0.1) is 11.7 Å². The maximum Gasteiger partial charge on any atom is 0.407 e. The number of carbonyl (C=O) groups is 1. The molecule has 21 heavy (non-hydrogen) atoms. The number of alkyl carbamates (subject to hydrolysis) is 1. The normalized spacial score (nSPS) is 18.7. The van der Waals surface area contributed by atoms with E-state index < -0.39 is 5.60 Å². The van der Waals surface area contributed by atoms with Crippen molar-refractivity contribution in [2.75, 3.05) is 18.0 Å². The summed E-state index contributed by atoms with van der Waals surface area (Å²) in [6, 6.07) is 5.84. The van der Waals surface area contributed by atoms with Crippen LogP contribution in [0.3, 0.4) is 0 Å². The monoisotopic (exact) mass is 374 g/mol. The molecule has 1 amide bonds. The highest BCUT2D eigenvalue weighted by atomic mass is 79.9. The van der Waals surface area contributed by atoms with Crippen LogP contribution in [0.2, 0.25) is 5.02 Å². The summed E-state index contributed by atoms with van der Waals surface area (Å²) in [6.07, 6.45) is 0.540. The van der Waals surface area contributed by atoms with E-state index in [-0.39, 0.29) is 12.1 Å². The molecular weight excluding hydrogens is 356 g/mol. The van der Waals surface area contributed by atoms with Crippen molar-refractivity contribution in [3.05, 3.63) is 27.7 Å². The van der Waals surface area contributed by atoms with Crippen LogP contribution in [0.4, 0.5) is 10.5 Å². The van der Waals surface area contributed by atoms with Gasteiger partial charge in [-0.15, -0.1) is 0 Å². The molecule has 1 N–H and O–H groups in total. The van der Waals surface area contributed by atoms with Crippen molar-refractivity contribution in [3.8, 4) is 0 Å². The summed E-state index contributed by atoms with van der Waals surface area (Å²) in [5.41, 5.74) is 0.620. The van der Waals surface area contributed by atoms with Crippen LogP contribution in [0.1, 0.15) is 27.2 Å². The first-order chi connectivity index (χ1) is 9.74. The van der Waals surface area contributed by atoms with Crippen molar-refractivity contribution in [2.45, 2.75) is 38.8 Å². The highest BCUT2D eigenvalue weighted by Crippen LogP contribution is 2.31. The molecule has 4 nitrogen and oxygen atoms in total. The maximum absolute atomic E-state index is 11.8. The third kappa shape index (κ3) is 4.78. The van der Waals surface area contributed by atoms with Gasteiger partial charge in [-0.2, -0.15) is 0 Å². The first kappa shape index (κ1) is 16.4. The first-order valence-electron chi connectivity index (χ1n) is 6.94. The molecule has 1 aromatic rings. The summed E-state index contributed by atoms with van der Waals surface area (Å²) in [6.45, 7) is 7.23. The first-order valence-corrected chi connectivity index (χ1v) is 8.11. The number of hydrogen-bond donors (Lipinski definition) is 1. The van der Waals surface area contributed by atoms with E-state index >= 15 is 0 Å². The molecule has 0 aliphatic carbocycles. The number of amides is 1. The van der Waals surface area contributed by atoms with Crippen LogP contribution in [-0.4, -0.2) is 30.8 Å². The van der Waals surface area contributed by atoms with Gasteiger partial charge in [0.25, 0.3) is 0 Å². The Hall–Kier alpha value is -0.940. The van der Waals surface area contributed by atoms with Crippen LogP contribution >= 0.6 is 27.5 Å². The molecule has 0 saturated carbocycles. The second kappa shape index (κ2) is 6.44. The van der Waals surface area contributed by atoms with Crippen LogP contribution in [0, 0.1) is 0 Å². The smallest absolute Gasteiger partial charge is 0.407 e. The minimum Gasteiger partial charge on any atom is -0.444 e. The van der Waals surface area contributed by atoms with Gasteiger partial charge in [-0.05, 0) is 61.3 Å². The summed E-state index contributed by atoms with van der Waals surface area (Å²) in [5, 5.41) is 3.62. The van der Waals surface area contributed by atoms with Crippen LogP contribution in [0.5, 0.6) is 0 Å². The van der Waals surface area contributed by atoms with Gasteiger partial charge in [-0.3, -0.25) is 0 Å². The summed E-state index contributed by atoms with van der Waals surface area (Å²) < 4.78 is 6.25. The van der Waals surface area contributed by atoms with E-state index in [2.05, 4.69) is 26.1 Å². The molecule has 0 aromatic heterocycles. The predicted octanol–water partition coefficient (Wildman–Crippen LogP) is 4.21.